The molecule has 0 aliphatic heterocycles. The lowest BCUT2D eigenvalue weighted by Crippen LogP contribution is -2.29. The van der Waals surface area contributed by atoms with Gasteiger partial charge in [0.1, 0.15) is 5.60 Å². The van der Waals surface area contributed by atoms with Crippen LogP contribution < -0.4 is 0 Å². The second-order valence-electron chi connectivity index (χ2n) is 3.11. The van der Waals surface area contributed by atoms with Crippen LogP contribution in [0.15, 0.2) is 12.2 Å². The standard InChI is InChI=1S/C9H16O2/c1-4-5-6-7-8(10)9(2,3)11/h6-7,11H,4-5H2,1-3H3. The van der Waals surface area contributed by atoms with Crippen LogP contribution in [0.1, 0.15) is 33.6 Å². The number of rotatable bonds is 4. The Balaban J connectivity index is 3.88. The summed E-state index contributed by atoms with van der Waals surface area (Å²) in [5, 5.41) is 9.18. The minimum atomic E-state index is -1.22. The van der Waals surface area contributed by atoms with E-state index in [0.717, 1.165) is 12.8 Å². The number of carbonyl (C=O) groups excluding carboxylic acids is 1. The Morgan fingerprint density at radius 2 is 2.09 bits per heavy atom. The van der Waals surface area contributed by atoms with Gasteiger partial charge in [0.05, 0.1) is 0 Å². The molecule has 0 atom stereocenters. The highest BCUT2D eigenvalue weighted by molar-refractivity contribution is 5.95. The summed E-state index contributed by atoms with van der Waals surface area (Å²) in [6.07, 6.45) is 5.15. The minimum absolute atomic E-state index is 0.231. The zero-order chi connectivity index (χ0) is 8.91. The highest BCUT2D eigenvalue weighted by Crippen LogP contribution is 2.03. The normalized spacial score (nSPS) is 12.4. The fourth-order valence-electron chi connectivity index (χ4n) is 0.561. The van der Waals surface area contributed by atoms with Crippen LogP contribution in [0.5, 0.6) is 0 Å². The Bertz CT molecular complexity index is 151. The first-order valence-electron chi connectivity index (χ1n) is 3.92. The van der Waals surface area contributed by atoms with Gasteiger partial charge in [-0.1, -0.05) is 19.4 Å². The third-order valence-electron chi connectivity index (χ3n) is 1.33. The molecule has 0 saturated heterocycles. The van der Waals surface area contributed by atoms with Crippen LogP contribution in [-0.2, 0) is 4.79 Å². The minimum Gasteiger partial charge on any atom is -0.382 e. The molecule has 2 heteroatoms. The van der Waals surface area contributed by atoms with Gasteiger partial charge in [0.15, 0.2) is 5.78 Å². The molecule has 2 nitrogen and oxygen atoms in total. The molecule has 0 saturated carbocycles. The van der Waals surface area contributed by atoms with Gasteiger partial charge in [0.2, 0.25) is 0 Å². The Morgan fingerprint density at radius 1 is 1.55 bits per heavy atom. The van der Waals surface area contributed by atoms with E-state index in [1.165, 1.54) is 19.9 Å². The second kappa shape index (κ2) is 4.29. The van der Waals surface area contributed by atoms with Crippen molar-refractivity contribution in [2.24, 2.45) is 0 Å². The van der Waals surface area contributed by atoms with E-state index in [0.29, 0.717) is 0 Å². The van der Waals surface area contributed by atoms with Gasteiger partial charge in [0.25, 0.3) is 0 Å². The topological polar surface area (TPSA) is 37.3 Å². The van der Waals surface area contributed by atoms with E-state index in [2.05, 4.69) is 0 Å². The highest BCUT2D eigenvalue weighted by atomic mass is 16.3. The Morgan fingerprint density at radius 3 is 2.45 bits per heavy atom. The largest absolute Gasteiger partial charge is 0.382 e. The van der Waals surface area contributed by atoms with E-state index >= 15 is 0 Å². The van der Waals surface area contributed by atoms with Gasteiger partial charge >= 0.3 is 0 Å². The van der Waals surface area contributed by atoms with E-state index < -0.39 is 5.60 Å². The molecule has 0 fully saturated rings. The van der Waals surface area contributed by atoms with Crippen molar-refractivity contribution < 1.29 is 9.90 Å². The first-order valence-corrected chi connectivity index (χ1v) is 3.92. The van der Waals surface area contributed by atoms with Gasteiger partial charge in [0, 0.05) is 0 Å². The Labute approximate surface area is 67.9 Å². The molecule has 0 aliphatic carbocycles. The number of carbonyl (C=O) groups is 1. The van der Waals surface area contributed by atoms with Gasteiger partial charge in [-0.3, -0.25) is 4.79 Å². The summed E-state index contributed by atoms with van der Waals surface area (Å²) in [5.74, 6) is -0.231. The number of hydrogen-bond donors (Lipinski definition) is 1. The lowest BCUT2D eigenvalue weighted by molar-refractivity contribution is -0.128. The molecule has 0 rings (SSSR count). The maximum absolute atomic E-state index is 11.0. The van der Waals surface area contributed by atoms with Crippen molar-refractivity contribution in [1.29, 1.82) is 0 Å². The second-order valence-corrected chi connectivity index (χ2v) is 3.11. The molecule has 0 aromatic heterocycles. The lowest BCUT2D eigenvalue weighted by Gasteiger charge is -2.11. The van der Waals surface area contributed by atoms with Crippen LogP contribution in [-0.4, -0.2) is 16.5 Å². The van der Waals surface area contributed by atoms with Crippen LogP contribution in [0.25, 0.3) is 0 Å². The number of unbranched alkanes of at least 4 members (excludes halogenated alkanes) is 1. The Hall–Kier alpha value is -0.630. The molecule has 0 spiro atoms. The van der Waals surface area contributed by atoms with Crippen LogP contribution >= 0.6 is 0 Å². The highest BCUT2D eigenvalue weighted by Gasteiger charge is 2.19. The van der Waals surface area contributed by atoms with E-state index in [1.54, 1.807) is 6.08 Å². The molecule has 1 N–H and O–H groups in total. The maximum Gasteiger partial charge on any atom is 0.186 e. The van der Waals surface area contributed by atoms with Crippen molar-refractivity contribution in [3.8, 4) is 0 Å². The molecular formula is C9H16O2. The van der Waals surface area contributed by atoms with Crippen LogP contribution in [0, 0.1) is 0 Å². The molecular weight excluding hydrogens is 140 g/mol. The van der Waals surface area contributed by atoms with E-state index in [1.807, 2.05) is 6.92 Å². The van der Waals surface area contributed by atoms with Crippen molar-refractivity contribution in [3.63, 3.8) is 0 Å². The molecule has 0 radical (unpaired) electrons. The molecule has 64 valence electrons. The number of ketones is 1. The van der Waals surface area contributed by atoms with Gasteiger partial charge in [-0.2, -0.15) is 0 Å². The summed E-state index contributed by atoms with van der Waals surface area (Å²) < 4.78 is 0. The maximum atomic E-state index is 11.0. The predicted octanol–water partition coefficient (Wildman–Crippen LogP) is 1.68. The third-order valence-corrected chi connectivity index (χ3v) is 1.33. The number of allylic oxidation sites excluding steroid dienone is 1. The quantitative estimate of drug-likeness (QED) is 0.629. The molecule has 0 amide bonds. The van der Waals surface area contributed by atoms with Crippen LogP contribution in [0.4, 0.5) is 0 Å². The molecule has 0 bridgehead atoms. The van der Waals surface area contributed by atoms with Crippen molar-refractivity contribution in [2.45, 2.75) is 39.2 Å². The summed E-state index contributed by atoms with van der Waals surface area (Å²) in [6.45, 7) is 5.02. The van der Waals surface area contributed by atoms with Gasteiger partial charge < -0.3 is 5.11 Å². The lowest BCUT2D eigenvalue weighted by atomic mass is 10.0. The third kappa shape index (κ3) is 4.73. The molecule has 0 aliphatic rings. The smallest absolute Gasteiger partial charge is 0.186 e. The summed E-state index contributed by atoms with van der Waals surface area (Å²) >= 11 is 0. The number of hydrogen-bond acceptors (Lipinski definition) is 2. The van der Waals surface area contributed by atoms with Gasteiger partial charge in [-0.05, 0) is 26.3 Å². The molecule has 0 aromatic carbocycles. The first kappa shape index (κ1) is 10.4. The molecule has 0 aromatic rings. The molecule has 11 heavy (non-hydrogen) atoms. The summed E-state index contributed by atoms with van der Waals surface area (Å²) in [7, 11) is 0. The fourth-order valence-corrected chi connectivity index (χ4v) is 0.561. The zero-order valence-electron chi connectivity index (χ0n) is 7.42. The van der Waals surface area contributed by atoms with E-state index in [4.69, 9.17) is 0 Å². The van der Waals surface area contributed by atoms with E-state index in [9.17, 15) is 9.90 Å². The van der Waals surface area contributed by atoms with Crippen LogP contribution in [0.3, 0.4) is 0 Å². The van der Waals surface area contributed by atoms with Gasteiger partial charge in [-0.15, -0.1) is 0 Å². The number of aliphatic hydroxyl groups is 1. The fraction of sp³-hybridized carbons (Fsp3) is 0.667. The summed E-state index contributed by atoms with van der Waals surface area (Å²) in [6, 6.07) is 0. The monoisotopic (exact) mass is 156 g/mol. The van der Waals surface area contributed by atoms with Crippen molar-refractivity contribution >= 4 is 5.78 Å². The average molecular weight is 156 g/mol. The summed E-state index contributed by atoms with van der Waals surface area (Å²) in [5.41, 5.74) is -1.22. The molecule has 0 unspecified atom stereocenters. The molecule has 0 heterocycles. The predicted molar refractivity (Wildman–Crippen MR) is 45.4 cm³/mol. The van der Waals surface area contributed by atoms with Crippen molar-refractivity contribution in [1.82, 2.24) is 0 Å². The SMILES string of the molecule is CCCC=CC(=O)C(C)(C)O. The first-order chi connectivity index (χ1) is 4.98. The average Bonchev–Trinajstić information content (AvgIpc) is 1.86. The summed E-state index contributed by atoms with van der Waals surface area (Å²) in [4.78, 5) is 11.0. The van der Waals surface area contributed by atoms with Crippen LogP contribution in [0.2, 0.25) is 0 Å². The van der Waals surface area contributed by atoms with Crippen molar-refractivity contribution in [2.75, 3.05) is 0 Å². The zero-order valence-corrected chi connectivity index (χ0v) is 7.42. The van der Waals surface area contributed by atoms with Crippen molar-refractivity contribution in [3.05, 3.63) is 12.2 Å². The van der Waals surface area contributed by atoms with E-state index in [-0.39, 0.29) is 5.78 Å². The van der Waals surface area contributed by atoms with Gasteiger partial charge in [-0.25, -0.2) is 0 Å². The Kier molecular flexibility index (Phi) is 4.04.